The van der Waals surface area contributed by atoms with Crippen LogP contribution in [0.4, 0.5) is 0 Å². The summed E-state index contributed by atoms with van der Waals surface area (Å²) in [6.45, 7) is 2.97. The maximum Gasteiger partial charge on any atom is 0.0640 e. The predicted octanol–water partition coefficient (Wildman–Crippen LogP) is 4.59. The molecule has 0 fully saturated rings. The van der Waals surface area contributed by atoms with Crippen molar-refractivity contribution in [3.63, 3.8) is 0 Å². The van der Waals surface area contributed by atoms with Crippen LogP contribution in [0.15, 0.2) is 60.9 Å². The Labute approximate surface area is 129 Å². The molecule has 0 saturated heterocycles. The highest BCUT2D eigenvalue weighted by atomic mass is 35.5. The number of nitrogens with zero attached hydrogens (tertiary/aromatic N) is 1. The molecule has 1 atom stereocenters. The lowest BCUT2D eigenvalue weighted by molar-refractivity contribution is 0.631. The summed E-state index contributed by atoms with van der Waals surface area (Å²) in [4.78, 5) is 4.07. The summed E-state index contributed by atoms with van der Waals surface area (Å²) < 4.78 is 0. The molecule has 21 heavy (non-hydrogen) atoms. The summed E-state index contributed by atoms with van der Waals surface area (Å²) in [7, 11) is 0. The molecule has 3 heteroatoms. The average molecular weight is 297 g/mol. The fraction of sp³-hybridized carbons (Fsp3) is 0.167. The molecule has 0 spiro atoms. The summed E-state index contributed by atoms with van der Waals surface area (Å²) in [6, 6.07) is 17.0. The van der Waals surface area contributed by atoms with Gasteiger partial charge in [0.05, 0.1) is 11.1 Å². The largest absolute Gasteiger partial charge is 0.306 e. The van der Waals surface area contributed by atoms with Gasteiger partial charge in [0, 0.05) is 12.4 Å². The molecule has 1 aromatic heterocycles. The first-order valence-electron chi connectivity index (χ1n) is 7.11. The number of nitrogens with one attached hydrogen (secondary N) is 1. The molecule has 1 unspecified atom stereocenters. The molecular formula is C18H17ClN2. The molecule has 0 bridgehead atoms. The molecule has 0 amide bonds. The van der Waals surface area contributed by atoms with Crippen molar-refractivity contribution >= 4 is 22.4 Å². The molecule has 0 aliphatic heterocycles. The molecule has 0 saturated carbocycles. The minimum Gasteiger partial charge on any atom is -0.306 e. The number of hydrogen-bond acceptors (Lipinski definition) is 2. The SMILES string of the molecule is CCNC(c1ccc2ccccc2c1)c1ccncc1Cl. The molecule has 2 aromatic carbocycles. The van der Waals surface area contributed by atoms with Crippen LogP contribution in [-0.4, -0.2) is 11.5 Å². The average Bonchev–Trinajstić information content (AvgIpc) is 2.53. The summed E-state index contributed by atoms with van der Waals surface area (Å²) in [5.41, 5.74) is 2.27. The van der Waals surface area contributed by atoms with Crippen molar-refractivity contribution < 1.29 is 0 Å². The van der Waals surface area contributed by atoms with E-state index in [0.717, 1.165) is 12.1 Å². The van der Waals surface area contributed by atoms with Crippen molar-refractivity contribution in [2.75, 3.05) is 6.54 Å². The van der Waals surface area contributed by atoms with Gasteiger partial charge in [0.25, 0.3) is 0 Å². The van der Waals surface area contributed by atoms with E-state index in [1.165, 1.54) is 16.3 Å². The van der Waals surface area contributed by atoms with Crippen molar-refractivity contribution in [1.82, 2.24) is 10.3 Å². The van der Waals surface area contributed by atoms with E-state index >= 15 is 0 Å². The van der Waals surface area contributed by atoms with Crippen LogP contribution in [0.5, 0.6) is 0 Å². The molecular weight excluding hydrogens is 280 g/mol. The van der Waals surface area contributed by atoms with Crippen molar-refractivity contribution in [1.29, 1.82) is 0 Å². The summed E-state index contributed by atoms with van der Waals surface area (Å²) in [5.74, 6) is 0. The maximum absolute atomic E-state index is 6.32. The van der Waals surface area contributed by atoms with E-state index in [4.69, 9.17) is 11.6 Å². The van der Waals surface area contributed by atoms with Crippen LogP contribution in [-0.2, 0) is 0 Å². The number of rotatable bonds is 4. The molecule has 0 radical (unpaired) electrons. The fourth-order valence-electron chi connectivity index (χ4n) is 2.62. The lowest BCUT2D eigenvalue weighted by Gasteiger charge is -2.20. The Morgan fingerprint density at radius 3 is 2.67 bits per heavy atom. The lowest BCUT2D eigenvalue weighted by atomic mass is 9.97. The van der Waals surface area contributed by atoms with Gasteiger partial charge in [-0.1, -0.05) is 54.9 Å². The van der Waals surface area contributed by atoms with E-state index in [1.807, 2.05) is 6.07 Å². The number of halogens is 1. The van der Waals surface area contributed by atoms with E-state index in [2.05, 4.69) is 59.7 Å². The van der Waals surface area contributed by atoms with E-state index in [9.17, 15) is 0 Å². The second kappa shape index (κ2) is 6.25. The molecule has 1 N–H and O–H groups in total. The fourth-order valence-corrected chi connectivity index (χ4v) is 2.85. The van der Waals surface area contributed by atoms with Crippen LogP contribution in [0.1, 0.15) is 24.1 Å². The second-order valence-corrected chi connectivity index (χ2v) is 5.40. The Balaban J connectivity index is 2.09. The summed E-state index contributed by atoms with van der Waals surface area (Å²) >= 11 is 6.32. The topological polar surface area (TPSA) is 24.9 Å². The normalized spacial score (nSPS) is 12.5. The number of fused-ring (bicyclic) bond motifs is 1. The first-order chi connectivity index (χ1) is 10.3. The lowest BCUT2D eigenvalue weighted by Crippen LogP contribution is -2.22. The minimum atomic E-state index is 0.0788. The highest BCUT2D eigenvalue weighted by Crippen LogP contribution is 2.29. The number of benzene rings is 2. The molecule has 0 aliphatic carbocycles. The third-order valence-corrected chi connectivity index (χ3v) is 3.95. The Morgan fingerprint density at radius 2 is 1.90 bits per heavy atom. The van der Waals surface area contributed by atoms with Crippen molar-refractivity contribution in [2.24, 2.45) is 0 Å². The zero-order valence-electron chi connectivity index (χ0n) is 11.9. The van der Waals surface area contributed by atoms with Gasteiger partial charge in [-0.15, -0.1) is 0 Å². The van der Waals surface area contributed by atoms with Gasteiger partial charge < -0.3 is 5.32 Å². The third kappa shape index (κ3) is 2.92. The van der Waals surface area contributed by atoms with Gasteiger partial charge in [-0.2, -0.15) is 0 Å². The summed E-state index contributed by atoms with van der Waals surface area (Å²) in [5, 5.41) is 6.69. The van der Waals surface area contributed by atoms with Crippen molar-refractivity contribution in [3.05, 3.63) is 77.1 Å². The van der Waals surface area contributed by atoms with Crippen LogP contribution in [0, 0.1) is 0 Å². The van der Waals surface area contributed by atoms with E-state index in [1.54, 1.807) is 12.4 Å². The van der Waals surface area contributed by atoms with Gasteiger partial charge in [-0.05, 0) is 40.6 Å². The van der Waals surface area contributed by atoms with Gasteiger partial charge >= 0.3 is 0 Å². The van der Waals surface area contributed by atoms with Gasteiger partial charge in [-0.25, -0.2) is 0 Å². The van der Waals surface area contributed by atoms with Gasteiger partial charge in [0.2, 0.25) is 0 Å². The molecule has 106 valence electrons. The number of aromatic nitrogens is 1. The monoisotopic (exact) mass is 296 g/mol. The van der Waals surface area contributed by atoms with E-state index in [0.29, 0.717) is 5.02 Å². The molecule has 3 aromatic rings. The maximum atomic E-state index is 6.32. The van der Waals surface area contributed by atoms with Gasteiger partial charge in [0.1, 0.15) is 0 Å². The third-order valence-electron chi connectivity index (χ3n) is 3.63. The number of hydrogen-bond donors (Lipinski definition) is 1. The smallest absolute Gasteiger partial charge is 0.0640 e. The second-order valence-electron chi connectivity index (χ2n) is 4.99. The number of pyridine rings is 1. The van der Waals surface area contributed by atoms with E-state index < -0.39 is 0 Å². The van der Waals surface area contributed by atoms with Crippen LogP contribution in [0.2, 0.25) is 5.02 Å². The Kier molecular flexibility index (Phi) is 4.18. The van der Waals surface area contributed by atoms with Crippen LogP contribution >= 0.6 is 11.6 Å². The van der Waals surface area contributed by atoms with Crippen LogP contribution in [0.3, 0.4) is 0 Å². The molecule has 3 rings (SSSR count). The predicted molar refractivity (Wildman–Crippen MR) is 88.7 cm³/mol. The van der Waals surface area contributed by atoms with Crippen LogP contribution < -0.4 is 5.32 Å². The Bertz CT molecular complexity index is 755. The standard InChI is InChI=1S/C18H17ClN2/c1-2-21-18(16-9-10-20-12-17(16)19)15-8-7-13-5-3-4-6-14(13)11-15/h3-12,18,21H,2H2,1H3. The molecule has 1 heterocycles. The zero-order chi connectivity index (χ0) is 14.7. The highest BCUT2D eigenvalue weighted by molar-refractivity contribution is 6.31. The first kappa shape index (κ1) is 14.1. The highest BCUT2D eigenvalue weighted by Gasteiger charge is 2.16. The first-order valence-corrected chi connectivity index (χ1v) is 7.49. The van der Waals surface area contributed by atoms with E-state index in [-0.39, 0.29) is 6.04 Å². The van der Waals surface area contributed by atoms with Crippen molar-refractivity contribution in [3.8, 4) is 0 Å². The van der Waals surface area contributed by atoms with Gasteiger partial charge in [-0.3, -0.25) is 4.98 Å². The quantitative estimate of drug-likeness (QED) is 0.762. The zero-order valence-corrected chi connectivity index (χ0v) is 12.6. The van der Waals surface area contributed by atoms with Crippen LogP contribution in [0.25, 0.3) is 10.8 Å². The Morgan fingerprint density at radius 1 is 1.10 bits per heavy atom. The Hall–Kier alpha value is -1.90. The summed E-state index contributed by atoms with van der Waals surface area (Å²) in [6.07, 6.45) is 3.48. The van der Waals surface area contributed by atoms with Crippen molar-refractivity contribution in [2.45, 2.75) is 13.0 Å². The molecule has 0 aliphatic rings. The van der Waals surface area contributed by atoms with Gasteiger partial charge in [0.15, 0.2) is 0 Å². The molecule has 2 nitrogen and oxygen atoms in total. The minimum absolute atomic E-state index is 0.0788.